The lowest BCUT2D eigenvalue weighted by atomic mass is 9.91. The van der Waals surface area contributed by atoms with Crippen molar-refractivity contribution in [3.05, 3.63) is 0 Å². The van der Waals surface area contributed by atoms with E-state index in [1.165, 1.54) is 0 Å². The number of alkyl halides is 3. The molecule has 1 heterocycles. The third kappa shape index (κ3) is 9.76. The van der Waals surface area contributed by atoms with Gasteiger partial charge in [-0.1, -0.05) is 81.8 Å². The Bertz CT molecular complexity index is 478. The highest BCUT2D eigenvalue weighted by Crippen LogP contribution is 2.35. The third-order valence-electron chi connectivity index (χ3n) is 4.98. The monoisotopic (exact) mass is 489 g/mol. The highest BCUT2D eigenvalue weighted by atomic mass is 35.6. The van der Waals surface area contributed by atoms with Gasteiger partial charge in [-0.05, 0) is 19.3 Å². The van der Waals surface area contributed by atoms with Gasteiger partial charge in [-0.15, -0.1) is 0 Å². The van der Waals surface area contributed by atoms with Crippen molar-refractivity contribution >= 4 is 40.7 Å². The minimum atomic E-state index is -1.96. The van der Waals surface area contributed by atoms with Crippen molar-refractivity contribution in [1.29, 1.82) is 5.41 Å². The molecule has 0 amide bonds. The molecule has 178 valence electrons. The van der Waals surface area contributed by atoms with Crippen LogP contribution < -0.4 is 0 Å². The zero-order valence-corrected chi connectivity index (χ0v) is 20.9. The summed E-state index contributed by atoms with van der Waals surface area (Å²) in [5.41, 5.74) is 0. The summed E-state index contributed by atoms with van der Waals surface area (Å²) in [5.74, 6) is -0.708. The number of hydrogen-bond donors (Lipinski definition) is 1. The van der Waals surface area contributed by atoms with Gasteiger partial charge >= 0.3 is 0 Å². The van der Waals surface area contributed by atoms with Crippen molar-refractivity contribution in [1.82, 2.24) is 0 Å². The van der Waals surface area contributed by atoms with Gasteiger partial charge in [0.05, 0.1) is 12.7 Å². The first-order chi connectivity index (χ1) is 14.3. The fraction of sp³-hybridized carbons (Fsp3) is 0.952. The van der Waals surface area contributed by atoms with E-state index in [1.54, 1.807) is 0 Å². The lowest BCUT2D eigenvalue weighted by molar-refractivity contribution is -0.281. The molecule has 0 aromatic carbocycles. The fourth-order valence-corrected chi connectivity index (χ4v) is 3.25. The molecule has 9 heteroatoms. The molecule has 0 aromatic heterocycles. The third-order valence-corrected chi connectivity index (χ3v) is 5.49. The van der Waals surface area contributed by atoms with Crippen molar-refractivity contribution in [2.75, 3.05) is 26.4 Å². The summed E-state index contributed by atoms with van der Waals surface area (Å²) in [6, 6.07) is 0. The molecular weight excluding hydrogens is 453 g/mol. The van der Waals surface area contributed by atoms with Gasteiger partial charge in [0.25, 0.3) is 3.79 Å². The number of unbranched alkanes of at least 4 members (excludes halogenated alkanes) is 3. The zero-order chi connectivity index (χ0) is 22.6. The molecule has 5 atom stereocenters. The molecule has 0 saturated carbocycles. The van der Waals surface area contributed by atoms with E-state index in [9.17, 15) is 0 Å². The average Bonchev–Trinajstić information content (AvgIpc) is 2.69. The number of rotatable bonds is 14. The predicted octanol–water partition coefficient (Wildman–Crippen LogP) is 5.90. The molecule has 1 N–H and O–H groups in total. The molecule has 1 aliphatic heterocycles. The average molecular weight is 491 g/mol. The quantitative estimate of drug-likeness (QED) is 0.142. The van der Waals surface area contributed by atoms with E-state index >= 15 is 0 Å². The van der Waals surface area contributed by atoms with Crippen molar-refractivity contribution in [3.63, 3.8) is 0 Å². The van der Waals surface area contributed by atoms with Gasteiger partial charge in [0.2, 0.25) is 12.2 Å². The van der Waals surface area contributed by atoms with Gasteiger partial charge in [-0.2, -0.15) is 0 Å². The number of nitrogens with one attached hydrogen (secondary N) is 1. The van der Waals surface area contributed by atoms with Crippen LogP contribution in [0.1, 0.15) is 66.2 Å². The summed E-state index contributed by atoms with van der Waals surface area (Å²) in [7, 11) is 0. The highest BCUT2D eigenvalue weighted by molar-refractivity contribution is 6.76. The van der Waals surface area contributed by atoms with Gasteiger partial charge < -0.3 is 23.7 Å². The fourth-order valence-electron chi connectivity index (χ4n) is 3.11. The molecule has 6 nitrogen and oxygen atoms in total. The Morgan fingerprint density at radius 3 is 1.97 bits per heavy atom. The van der Waals surface area contributed by atoms with Crippen LogP contribution in [0.25, 0.3) is 0 Å². The van der Waals surface area contributed by atoms with Crippen LogP contribution in [0.2, 0.25) is 0 Å². The number of hydrogen-bond acceptors (Lipinski definition) is 6. The molecule has 0 spiro atoms. The lowest BCUT2D eigenvalue weighted by Gasteiger charge is -2.45. The van der Waals surface area contributed by atoms with E-state index in [0.717, 1.165) is 38.5 Å². The summed E-state index contributed by atoms with van der Waals surface area (Å²) in [5, 5.41) is 7.94. The second-order valence-electron chi connectivity index (χ2n) is 7.65. The standard InChI is InChI=1S/C21H38Cl3NO5/c1-5-8-11-26-14-16-18(28-13-10-7-3)17(27-12-9-6-2)15(4)19(29-16)30-20(25)21(22,23)24/h15-19,25H,5-14H2,1-4H3/t15?,16?,17?,18-,19+/m1/s1. The van der Waals surface area contributed by atoms with E-state index < -0.39 is 22.1 Å². The van der Waals surface area contributed by atoms with Crippen LogP contribution in [0.4, 0.5) is 0 Å². The van der Waals surface area contributed by atoms with Crippen LogP contribution in [-0.2, 0) is 23.7 Å². The van der Waals surface area contributed by atoms with Crippen LogP contribution in [0.3, 0.4) is 0 Å². The molecule has 1 aliphatic rings. The Labute approximate surface area is 196 Å². The first-order valence-corrected chi connectivity index (χ1v) is 12.2. The molecule has 1 saturated heterocycles. The molecular formula is C21H38Cl3NO5. The Morgan fingerprint density at radius 1 is 0.900 bits per heavy atom. The Balaban J connectivity index is 2.98. The maximum absolute atomic E-state index is 7.94. The second-order valence-corrected chi connectivity index (χ2v) is 9.93. The minimum Gasteiger partial charge on any atom is -0.448 e. The van der Waals surface area contributed by atoms with E-state index in [2.05, 4.69) is 20.8 Å². The summed E-state index contributed by atoms with van der Waals surface area (Å²) in [6.07, 6.45) is 4.19. The van der Waals surface area contributed by atoms with Gasteiger partial charge in [0.15, 0.2) is 0 Å². The summed E-state index contributed by atoms with van der Waals surface area (Å²) in [4.78, 5) is 0. The largest absolute Gasteiger partial charge is 0.448 e. The van der Waals surface area contributed by atoms with Crippen LogP contribution in [-0.4, -0.2) is 60.7 Å². The minimum absolute atomic E-state index is 0.229. The van der Waals surface area contributed by atoms with Crippen LogP contribution >= 0.6 is 34.8 Å². The SMILES string of the molecule is CCCCOCC1O[C@@H](OC(=N)C(Cl)(Cl)Cl)C(C)C(OCCCC)[C@@H]1OCCCC. The molecule has 0 radical (unpaired) electrons. The van der Waals surface area contributed by atoms with Crippen LogP contribution in [0.15, 0.2) is 0 Å². The molecule has 0 aliphatic carbocycles. The van der Waals surface area contributed by atoms with Crippen molar-refractivity contribution in [2.45, 2.75) is 94.6 Å². The maximum Gasteiger partial charge on any atom is 0.265 e. The van der Waals surface area contributed by atoms with E-state index in [4.69, 9.17) is 63.9 Å². The van der Waals surface area contributed by atoms with Gasteiger partial charge in [0, 0.05) is 25.7 Å². The predicted molar refractivity (Wildman–Crippen MR) is 122 cm³/mol. The van der Waals surface area contributed by atoms with Gasteiger partial charge in [-0.25, -0.2) is 0 Å². The molecule has 0 aromatic rings. The van der Waals surface area contributed by atoms with E-state index in [-0.39, 0.29) is 18.1 Å². The Morgan fingerprint density at radius 2 is 1.43 bits per heavy atom. The zero-order valence-electron chi connectivity index (χ0n) is 18.6. The maximum atomic E-state index is 7.94. The van der Waals surface area contributed by atoms with Crippen molar-refractivity contribution < 1.29 is 23.7 Å². The van der Waals surface area contributed by atoms with Gasteiger partial charge in [-0.3, -0.25) is 5.41 Å². The first kappa shape index (κ1) is 28.2. The highest BCUT2D eigenvalue weighted by Gasteiger charge is 2.47. The van der Waals surface area contributed by atoms with Crippen molar-refractivity contribution in [2.24, 2.45) is 5.92 Å². The lowest BCUT2D eigenvalue weighted by Crippen LogP contribution is -2.58. The van der Waals surface area contributed by atoms with Gasteiger partial charge in [0.1, 0.15) is 12.2 Å². The molecule has 1 fully saturated rings. The normalized spacial score (nSPS) is 27.2. The molecule has 30 heavy (non-hydrogen) atoms. The van der Waals surface area contributed by atoms with E-state index in [1.807, 2.05) is 6.92 Å². The molecule has 1 rings (SSSR count). The summed E-state index contributed by atoms with van der Waals surface area (Å²) in [6.45, 7) is 10.5. The topological polar surface area (TPSA) is 70.0 Å². The smallest absolute Gasteiger partial charge is 0.265 e. The Hall–Kier alpha value is 0.180. The Kier molecular flexibility index (Phi) is 14.2. The molecule has 0 bridgehead atoms. The summed E-state index contributed by atoms with van der Waals surface area (Å²) >= 11 is 17.4. The second kappa shape index (κ2) is 15.1. The molecule has 3 unspecified atom stereocenters. The van der Waals surface area contributed by atoms with E-state index in [0.29, 0.717) is 26.4 Å². The number of halogens is 3. The number of ether oxygens (including phenoxy) is 5. The summed E-state index contributed by atoms with van der Waals surface area (Å²) < 4.78 is 28.1. The van der Waals surface area contributed by atoms with Crippen LogP contribution in [0.5, 0.6) is 0 Å². The first-order valence-electron chi connectivity index (χ1n) is 11.0. The van der Waals surface area contributed by atoms with Crippen LogP contribution in [0, 0.1) is 11.3 Å². The van der Waals surface area contributed by atoms with Crippen molar-refractivity contribution in [3.8, 4) is 0 Å².